The molecule has 0 aromatic rings. The molecule has 0 spiro atoms. The molecule has 18 heavy (non-hydrogen) atoms. The number of nitrogens with one attached hydrogen (secondary N) is 1. The topological polar surface area (TPSA) is 46.2 Å². The van der Waals surface area contributed by atoms with Gasteiger partial charge < -0.3 is 0 Å². The van der Waals surface area contributed by atoms with Crippen molar-refractivity contribution in [2.24, 2.45) is 17.3 Å². The molecule has 3 heteroatoms. The zero-order valence-electron chi connectivity index (χ0n) is 11.6. The van der Waals surface area contributed by atoms with Crippen LogP contribution in [0.1, 0.15) is 65.2 Å². The Bertz CT molecular complexity index is 305. The fourth-order valence-electron chi connectivity index (χ4n) is 3.75. The van der Waals surface area contributed by atoms with E-state index in [1.54, 1.807) is 0 Å². The van der Waals surface area contributed by atoms with Crippen LogP contribution in [0.3, 0.4) is 0 Å². The van der Waals surface area contributed by atoms with Crippen LogP contribution in [0, 0.1) is 17.3 Å². The number of unbranched alkanes of at least 4 members (excludes halogenated alkanes) is 4. The minimum atomic E-state index is -0.00185. The zero-order chi connectivity index (χ0) is 13.2. The first-order valence-corrected chi connectivity index (χ1v) is 7.52. The molecule has 1 aliphatic carbocycles. The number of hydrogen-bond donors (Lipinski definition) is 1. The summed E-state index contributed by atoms with van der Waals surface area (Å²) in [6.07, 6.45) is 9.28. The predicted octanol–water partition coefficient (Wildman–Crippen LogP) is 3.04. The lowest BCUT2D eigenvalue weighted by Gasteiger charge is -2.20. The Morgan fingerprint density at radius 2 is 1.33 bits per heavy atom. The van der Waals surface area contributed by atoms with E-state index in [-0.39, 0.29) is 29.1 Å². The summed E-state index contributed by atoms with van der Waals surface area (Å²) in [5.74, 6) is 0.0217. The van der Waals surface area contributed by atoms with Gasteiger partial charge in [-0.2, -0.15) is 0 Å². The molecule has 1 aliphatic heterocycles. The lowest BCUT2D eigenvalue weighted by molar-refractivity contribution is -0.129. The number of amides is 2. The highest BCUT2D eigenvalue weighted by molar-refractivity contribution is 6.10. The third-order valence-corrected chi connectivity index (χ3v) is 4.77. The molecule has 1 heterocycles. The van der Waals surface area contributed by atoms with Crippen LogP contribution < -0.4 is 5.32 Å². The van der Waals surface area contributed by atoms with E-state index in [0.717, 1.165) is 25.7 Å². The normalized spacial score (nSPS) is 28.1. The molecule has 1 N–H and O–H groups in total. The Hall–Kier alpha value is -0.860. The van der Waals surface area contributed by atoms with Gasteiger partial charge >= 0.3 is 0 Å². The summed E-state index contributed by atoms with van der Waals surface area (Å²) >= 11 is 0. The second-order valence-corrected chi connectivity index (χ2v) is 5.96. The molecule has 2 aliphatic rings. The van der Waals surface area contributed by atoms with Crippen LogP contribution >= 0.6 is 0 Å². The van der Waals surface area contributed by atoms with Crippen LogP contribution in [0.4, 0.5) is 0 Å². The van der Waals surface area contributed by atoms with E-state index >= 15 is 0 Å². The van der Waals surface area contributed by atoms with E-state index in [1.807, 2.05) is 0 Å². The second kappa shape index (κ2) is 5.41. The maximum atomic E-state index is 11.8. The Balaban J connectivity index is 1.97. The number of rotatable bonds is 8. The van der Waals surface area contributed by atoms with Crippen molar-refractivity contribution >= 4 is 11.8 Å². The molecule has 2 atom stereocenters. The quantitative estimate of drug-likeness (QED) is 0.532. The van der Waals surface area contributed by atoms with Crippen LogP contribution in [-0.2, 0) is 9.59 Å². The lowest BCUT2D eigenvalue weighted by atomic mass is 9.87. The maximum absolute atomic E-state index is 11.8. The number of hydrogen-bond acceptors (Lipinski definition) is 2. The van der Waals surface area contributed by atoms with Gasteiger partial charge in [0.1, 0.15) is 0 Å². The Kier molecular flexibility index (Phi) is 4.08. The van der Waals surface area contributed by atoms with Crippen LogP contribution in [0.5, 0.6) is 0 Å². The van der Waals surface area contributed by atoms with Crippen molar-refractivity contribution in [1.82, 2.24) is 5.32 Å². The van der Waals surface area contributed by atoms with Crippen molar-refractivity contribution in [3.63, 3.8) is 0 Å². The van der Waals surface area contributed by atoms with Crippen molar-refractivity contribution in [2.45, 2.75) is 65.2 Å². The molecule has 2 fully saturated rings. The fraction of sp³-hybridized carbons (Fsp3) is 0.867. The number of carbonyl (C=O) groups is 2. The molecular weight excluding hydrogens is 226 g/mol. The van der Waals surface area contributed by atoms with Crippen molar-refractivity contribution in [3.8, 4) is 0 Å². The van der Waals surface area contributed by atoms with Gasteiger partial charge in [0.05, 0.1) is 11.8 Å². The standard InChI is InChI=1S/C15H25NO2/c1-3-5-7-9-15(10-8-6-4-2)11-12(15)14(18)16-13(11)17/h11-12H,3-10H2,1-2H3,(H,16,17,18). The Morgan fingerprint density at radius 3 is 1.72 bits per heavy atom. The average Bonchev–Trinajstić information content (AvgIpc) is 2.88. The van der Waals surface area contributed by atoms with Gasteiger partial charge in [0.2, 0.25) is 11.8 Å². The van der Waals surface area contributed by atoms with Gasteiger partial charge in [-0.15, -0.1) is 0 Å². The third-order valence-electron chi connectivity index (χ3n) is 4.77. The molecule has 2 unspecified atom stereocenters. The number of piperidine rings is 1. The summed E-state index contributed by atoms with van der Waals surface area (Å²) < 4.78 is 0. The monoisotopic (exact) mass is 251 g/mol. The van der Waals surface area contributed by atoms with Crippen molar-refractivity contribution in [3.05, 3.63) is 0 Å². The van der Waals surface area contributed by atoms with Crippen molar-refractivity contribution in [2.75, 3.05) is 0 Å². The van der Waals surface area contributed by atoms with E-state index in [2.05, 4.69) is 19.2 Å². The van der Waals surface area contributed by atoms with Crippen LogP contribution in [0.25, 0.3) is 0 Å². The summed E-state index contributed by atoms with van der Waals surface area (Å²) in [6, 6.07) is 0. The highest BCUT2D eigenvalue weighted by Gasteiger charge is 2.73. The molecular formula is C15H25NO2. The van der Waals surface area contributed by atoms with Crippen LogP contribution in [0.15, 0.2) is 0 Å². The number of imide groups is 1. The number of fused-ring (bicyclic) bond motifs is 1. The number of carbonyl (C=O) groups excluding carboxylic acids is 2. The predicted molar refractivity (Wildman–Crippen MR) is 70.8 cm³/mol. The summed E-state index contributed by atoms with van der Waals surface area (Å²) in [7, 11) is 0. The van der Waals surface area contributed by atoms with Gasteiger partial charge in [0.15, 0.2) is 0 Å². The molecule has 102 valence electrons. The molecule has 1 saturated heterocycles. The van der Waals surface area contributed by atoms with Gasteiger partial charge in [-0.25, -0.2) is 0 Å². The van der Waals surface area contributed by atoms with Gasteiger partial charge in [0.25, 0.3) is 0 Å². The SMILES string of the molecule is CCCCCC1(CCCCC)C2C(=O)NC(=O)C21. The Labute approximate surface area is 110 Å². The average molecular weight is 251 g/mol. The first kappa shape index (κ1) is 13.6. The Morgan fingerprint density at radius 1 is 0.889 bits per heavy atom. The summed E-state index contributed by atoms with van der Waals surface area (Å²) in [4.78, 5) is 23.6. The third kappa shape index (κ3) is 2.19. The first-order chi connectivity index (χ1) is 8.67. The second-order valence-electron chi connectivity index (χ2n) is 5.96. The lowest BCUT2D eigenvalue weighted by Crippen LogP contribution is -2.32. The van der Waals surface area contributed by atoms with Gasteiger partial charge in [-0.1, -0.05) is 52.4 Å². The van der Waals surface area contributed by atoms with Crippen molar-refractivity contribution in [1.29, 1.82) is 0 Å². The molecule has 0 bridgehead atoms. The van der Waals surface area contributed by atoms with Gasteiger partial charge in [0, 0.05) is 0 Å². The summed E-state index contributed by atoms with van der Waals surface area (Å²) in [6.45, 7) is 4.38. The van der Waals surface area contributed by atoms with Gasteiger partial charge in [-0.05, 0) is 18.3 Å². The van der Waals surface area contributed by atoms with Crippen molar-refractivity contribution < 1.29 is 9.59 Å². The minimum absolute atomic E-state index is 0.00185. The van der Waals surface area contributed by atoms with E-state index in [0.29, 0.717) is 0 Å². The molecule has 3 nitrogen and oxygen atoms in total. The van der Waals surface area contributed by atoms with E-state index < -0.39 is 0 Å². The largest absolute Gasteiger partial charge is 0.296 e. The minimum Gasteiger partial charge on any atom is -0.296 e. The highest BCUT2D eigenvalue weighted by Crippen LogP contribution is 2.67. The molecule has 2 rings (SSSR count). The van der Waals surface area contributed by atoms with Crippen LogP contribution in [0.2, 0.25) is 0 Å². The first-order valence-electron chi connectivity index (χ1n) is 7.52. The molecule has 1 saturated carbocycles. The highest BCUT2D eigenvalue weighted by atomic mass is 16.2. The molecule has 2 amide bonds. The summed E-state index contributed by atoms with van der Waals surface area (Å²) in [5, 5.41) is 2.47. The fourth-order valence-corrected chi connectivity index (χ4v) is 3.75. The smallest absolute Gasteiger partial charge is 0.231 e. The zero-order valence-corrected chi connectivity index (χ0v) is 11.6. The maximum Gasteiger partial charge on any atom is 0.231 e. The van der Waals surface area contributed by atoms with Crippen LogP contribution in [-0.4, -0.2) is 11.8 Å². The van der Waals surface area contributed by atoms with E-state index in [9.17, 15) is 9.59 Å². The molecule has 0 radical (unpaired) electrons. The summed E-state index contributed by atoms with van der Waals surface area (Å²) in [5.41, 5.74) is 0.0454. The molecule has 0 aromatic heterocycles. The van der Waals surface area contributed by atoms with Gasteiger partial charge in [-0.3, -0.25) is 14.9 Å². The molecule has 0 aromatic carbocycles. The van der Waals surface area contributed by atoms with E-state index in [4.69, 9.17) is 0 Å². The van der Waals surface area contributed by atoms with E-state index in [1.165, 1.54) is 25.7 Å².